The first-order chi connectivity index (χ1) is 44.0. The number of piperidine rings is 3. The number of nitrogens with zero attached hydrogens (tertiary/aromatic N) is 4. The molecule has 14 nitrogen and oxygen atoms in total. The van der Waals surface area contributed by atoms with Crippen LogP contribution in [0.25, 0.3) is 0 Å². The number of ether oxygens (including phenoxy) is 1. The highest BCUT2D eigenvalue weighted by atomic mass is 32.2. The van der Waals surface area contributed by atoms with Gasteiger partial charge in [0, 0.05) is 43.5 Å². The third-order valence-corrected chi connectivity index (χ3v) is 26.3. The van der Waals surface area contributed by atoms with Crippen molar-refractivity contribution in [2.75, 3.05) is 19.7 Å². The van der Waals surface area contributed by atoms with E-state index in [-0.39, 0.29) is 57.7 Å². The number of ketones is 1. The zero-order chi connectivity index (χ0) is 65.3. The lowest BCUT2D eigenvalue weighted by Crippen LogP contribution is -2.60. The van der Waals surface area contributed by atoms with Gasteiger partial charge in [-0.1, -0.05) is 194 Å². The Labute approximate surface area is 544 Å². The number of hydrogen-bond acceptors (Lipinski definition) is 10. The van der Waals surface area contributed by atoms with Crippen molar-refractivity contribution in [2.24, 2.45) is 5.92 Å². The molecule has 12 rings (SSSR count). The van der Waals surface area contributed by atoms with Gasteiger partial charge in [0.2, 0.25) is 40.1 Å². The SMILES string of the molecule is CCOC1=C2CN(S(=O)(=O)c3ccc(C)cc3)C(c3ccc(CC)cc3)CC2N(S(=O)(=O)c2ccc(C)cc2)C(c2ccccc2)C1.CCc1ccc([C@@H]2C[C@H]3[C@@H](CN2S(=O)(=O)c2ccc(C)cc2)C(=O)C[C@@H](c2ccccc2)N3S(=O)(=O)c2ccc(C)cc2)cc1. The molecule has 4 aliphatic heterocycles. The lowest BCUT2D eigenvalue weighted by molar-refractivity contribution is -0.132. The van der Waals surface area contributed by atoms with Crippen molar-refractivity contribution in [1.29, 1.82) is 0 Å². The molecule has 4 aliphatic rings. The topological polar surface area (TPSA) is 176 Å². The van der Waals surface area contributed by atoms with Gasteiger partial charge in [0.25, 0.3) is 0 Å². The van der Waals surface area contributed by atoms with Crippen LogP contribution in [-0.4, -0.2) is 88.5 Å². The molecule has 3 unspecified atom stereocenters. The molecule has 8 aromatic carbocycles. The van der Waals surface area contributed by atoms with Crippen molar-refractivity contribution < 1.29 is 43.2 Å². The zero-order valence-corrected chi connectivity index (χ0v) is 56.3. The third kappa shape index (κ3) is 13.3. The molecule has 8 aromatic rings. The number of carbonyl (C=O) groups is 1. The average Bonchev–Trinajstić information content (AvgIpc) is 0.732. The summed E-state index contributed by atoms with van der Waals surface area (Å²) in [7, 11) is -16.1. The largest absolute Gasteiger partial charge is 0.498 e. The molecule has 0 radical (unpaired) electrons. The van der Waals surface area contributed by atoms with Crippen LogP contribution in [0, 0.1) is 33.6 Å². The van der Waals surface area contributed by atoms with Gasteiger partial charge < -0.3 is 4.74 Å². The first-order valence-electron chi connectivity index (χ1n) is 31.6. The summed E-state index contributed by atoms with van der Waals surface area (Å²) in [6.45, 7) is 14.0. The van der Waals surface area contributed by atoms with Crippen LogP contribution < -0.4 is 0 Å². The van der Waals surface area contributed by atoms with Crippen LogP contribution in [-0.2, 0) is 62.5 Å². The molecular formula is C74H80N4O10S4. The van der Waals surface area contributed by atoms with E-state index in [1.807, 2.05) is 156 Å². The number of Topliss-reactive ketones (excluding diaryl/α,β-unsaturated/α-hetero) is 1. The summed E-state index contributed by atoms with van der Waals surface area (Å²) in [6, 6.07) is 58.1. The Hall–Kier alpha value is -7.39. The van der Waals surface area contributed by atoms with Crippen molar-refractivity contribution >= 4 is 45.9 Å². The van der Waals surface area contributed by atoms with Crippen LogP contribution in [0.2, 0.25) is 0 Å². The molecule has 3 fully saturated rings. The highest BCUT2D eigenvalue weighted by Crippen LogP contribution is 2.51. The summed E-state index contributed by atoms with van der Waals surface area (Å²) in [5.74, 6) is -0.296. The summed E-state index contributed by atoms with van der Waals surface area (Å²) < 4.78 is 129. The molecule has 0 bridgehead atoms. The maximum absolute atomic E-state index is 14.8. The minimum absolute atomic E-state index is 0.0117. The molecule has 92 heavy (non-hydrogen) atoms. The number of aryl methyl sites for hydroxylation is 6. The summed E-state index contributed by atoms with van der Waals surface area (Å²) in [6.07, 6.45) is 2.31. The van der Waals surface area contributed by atoms with E-state index in [1.165, 1.54) is 8.61 Å². The normalized spacial score (nSPS) is 22.0. The number of hydrogen-bond donors (Lipinski definition) is 0. The van der Waals surface area contributed by atoms with Gasteiger partial charge in [-0.2, -0.15) is 17.2 Å². The lowest BCUT2D eigenvalue weighted by Gasteiger charge is -2.51. The highest BCUT2D eigenvalue weighted by molar-refractivity contribution is 7.90. The van der Waals surface area contributed by atoms with E-state index in [0.717, 1.165) is 68.5 Å². The van der Waals surface area contributed by atoms with Crippen LogP contribution in [0.1, 0.15) is 126 Å². The second-order valence-corrected chi connectivity index (χ2v) is 32.0. The number of carbonyl (C=O) groups excluding carboxylic acids is 1. The molecule has 0 aromatic heterocycles. The Morgan fingerprint density at radius 2 is 0.761 bits per heavy atom. The second kappa shape index (κ2) is 27.3. The smallest absolute Gasteiger partial charge is 0.244 e. The minimum atomic E-state index is -4.08. The Morgan fingerprint density at radius 3 is 1.17 bits per heavy atom. The van der Waals surface area contributed by atoms with E-state index < -0.39 is 82.3 Å². The number of fused-ring (bicyclic) bond motifs is 2. The van der Waals surface area contributed by atoms with E-state index in [9.17, 15) is 38.5 Å². The van der Waals surface area contributed by atoms with E-state index in [0.29, 0.717) is 24.4 Å². The highest BCUT2D eigenvalue weighted by Gasteiger charge is 2.55. The molecule has 480 valence electrons. The maximum atomic E-state index is 14.8. The van der Waals surface area contributed by atoms with Gasteiger partial charge in [0.15, 0.2) is 0 Å². The second-order valence-electron chi connectivity index (χ2n) is 24.5. The summed E-state index contributed by atoms with van der Waals surface area (Å²) in [5.41, 5.74) is 9.92. The predicted molar refractivity (Wildman–Crippen MR) is 359 cm³/mol. The number of benzene rings is 8. The Bertz CT molecular complexity index is 4420. The lowest BCUT2D eigenvalue weighted by atomic mass is 9.77. The van der Waals surface area contributed by atoms with Crippen LogP contribution in [0.15, 0.2) is 237 Å². The van der Waals surface area contributed by atoms with E-state index in [1.54, 1.807) is 93.5 Å². The molecule has 18 heteroatoms. The van der Waals surface area contributed by atoms with Gasteiger partial charge in [0.05, 0.1) is 62.2 Å². The molecule has 4 heterocycles. The molecule has 7 atom stereocenters. The Morgan fingerprint density at radius 1 is 0.391 bits per heavy atom. The first kappa shape index (κ1) is 66.1. The molecule has 3 saturated heterocycles. The molecule has 0 spiro atoms. The van der Waals surface area contributed by atoms with Gasteiger partial charge >= 0.3 is 0 Å². The van der Waals surface area contributed by atoms with E-state index >= 15 is 0 Å². The predicted octanol–water partition coefficient (Wildman–Crippen LogP) is 13.9. The summed E-state index contributed by atoms with van der Waals surface area (Å²) in [5, 5.41) is 0. The minimum Gasteiger partial charge on any atom is -0.498 e. The standard InChI is InChI=1S/C38H42N2O5S2.C36H38N2O5S2/c1-5-29-16-18-31(19-17-29)35-24-37-34(26-39(35)46(41,42)32-20-12-27(3)13-21-32)38(45-6-2)25-36(30-10-8-7-9-11-30)40(37)47(43,44)33-22-14-28(4)15-23-33;1-4-27-14-16-29(17-15-27)33-22-35-32(24-37(33)44(40,41)30-18-10-25(2)11-19-30)36(39)23-34(28-8-6-5-7-9-28)38(35)45(42,43)31-20-12-26(3)13-21-31/h7-23,35-37H,5-6,24-26H2,1-4H3;5-21,32-35H,4,22-24H2,1-3H3/t;32-,33+,34+,35+/m.1/s1. The van der Waals surface area contributed by atoms with Crippen LogP contribution in [0.4, 0.5) is 0 Å². The van der Waals surface area contributed by atoms with Crippen LogP contribution in [0.3, 0.4) is 0 Å². The third-order valence-electron chi connectivity index (χ3n) is 18.7. The quantitative estimate of drug-likeness (QED) is 0.0905. The van der Waals surface area contributed by atoms with Crippen molar-refractivity contribution in [1.82, 2.24) is 17.2 Å². The maximum Gasteiger partial charge on any atom is 0.244 e. The van der Waals surface area contributed by atoms with Gasteiger partial charge in [0.1, 0.15) is 5.78 Å². The van der Waals surface area contributed by atoms with Crippen molar-refractivity contribution in [3.05, 3.63) is 273 Å². The van der Waals surface area contributed by atoms with Crippen LogP contribution >= 0.6 is 0 Å². The summed E-state index contributed by atoms with van der Waals surface area (Å²) in [4.78, 5) is 14.7. The first-order valence-corrected chi connectivity index (χ1v) is 37.3. The average molecular weight is 1310 g/mol. The van der Waals surface area contributed by atoms with Crippen LogP contribution in [0.5, 0.6) is 0 Å². The fourth-order valence-corrected chi connectivity index (χ4v) is 20.4. The molecule has 0 saturated carbocycles. The van der Waals surface area contributed by atoms with Gasteiger partial charge in [-0.15, -0.1) is 0 Å². The van der Waals surface area contributed by atoms with Gasteiger partial charge in [-0.05, 0) is 142 Å². The Kier molecular flexibility index (Phi) is 19.6. The molecule has 0 N–H and O–H groups in total. The monoisotopic (exact) mass is 1310 g/mol. The van der Waals surface area contributed by atoms with E-state index in [4.69, 9.17) is 4.74 Å². The van der Waals surface area contributed by atoms with Gasteiger partial charge in [-0.3, -0.25) is 4.79 Å². The van der Waals surface area contributed by atoms with Gasteiger partial charge in [-0.25, -0.2) is 33.7 Å². The van der Waals surface area contributed by atoms with Crippen molar-refractivity contribution in [3.8, 4) is 0 Å². The molecule has 0 aliphatic carbocycles. The Balaban J connectivity index is 0.000000189. The molecule has 0 amide bonds. The van der Waals surface area contributed by atoms with E-state index in [2.05, 4.69) is 13.8 Å². The fourth-order valence-electron chi connectivity index (χ4n) is 13.5. The zero-order valence-electron chi connectivity index (χ0n) is 53.0. The summed E-state index contributed by atoms with van der Waals surface area (Å²) >= 11 is 0. The van der Waals surface area contributed by atoms with Crippen molar-refractivity contribution in [3.63, 3.8) is 0 Å². The van der Waals surface area contributed by atoms with Crippen molar-refractivity contribution in [2.45, 2.75) is 143 Å². The molecular weight excluding hydrogens is 1230 g/mol. The number of rotatable bonds is 16. The fraction of sp³-hybridized carbons (Fsp3) is 0.311. The number of sulfonamides is 4.